The molecular weight excluding hydrogens is 545 g/mol. The molecule has 5 aromatic rings. The molecule has 0 unspecified atom stereocenters. The Kier molecular flexibility index (Phi) is 9.21. The molecular formula is C32H36FN9O. The zero-order valence-electron chi connectivity index (χ0n) is 24.4. The number of carbonyl (C=O) groups excluding carboxylic acids is 1. The van der Waals surface area contributed by atoms with Crippen LogP contribution in [0.3, 0.4) is 0 Å². The van der Waals surface area contributed by atoms with E-state index < -0.39 is 11.7 Å². The number of fused-ring (bicyclic) bond motifs is 2. The maximum absolute atomic E-state index is 13.1. The van der Waals surface area contributed by atoms with Crippen molar-refractivity contribution in [2.24, 2.45) is 0 Å². The van der Waals surface area contributed by atoms with Crippen LogP contribution in [0.15, 0.2) is 73.3 Å². The van der Waals surface area contributed by atoms with Gasteiger partial charge in [0, 0.05) is 34.9 Å². The molecule has 1 aliphatic rings. The summed E-state index contributed by atoms with van der Waals surface area (Å²) in [7, 11) is 0. The van der Waals surface area contributed by atoms with Crippen molar-refractivity contribution in [2.75, 3.05) is 29.5 Å². The minimum Gasteiger partial charge on any atom is -0.368 e. The molecule has 1 aliphatic heterocycles. The molecule has 0 saturated carbocycles. The molecule has 2 aromatic carbocycles. The number of carbonyl (C=O) groups is 1. The number of nitrogens with one attached hydrogen (secondary N) is 3. The molecule has 0 radical (unpaired) electrons. The number of nitrogen functional groups attached to an aromatic ring is 1. The lowest BCUT2D eigenvalue weighted by Crippen LogP contribution is -2.21. The highest BCUT2D eigenvalue weighted by molar-refractivity contribution is 6.04. The van der Waals surface area contributed by atoms with Crippen LogP contribution in [0.25, 0.3) is 27.7 Å². The van der Waals surface area contributed by atoms with Gasteiger partial charge in [-0.25, -0.2) is 4.39 Å². The summed E-state index contributed by atoms with van der Waals surface area (Å²) in [4.78, 5) is 25.1. The second-order valence-corrected chi connectivity index (χ2v) is 10.7. The van der Waals surface area contributed by atoms with Gasteiger partial charge in [-0.1, -0.05) is 57.2 Å². The van der Waals surface area contributed by atoms with E-state index in [0.29, 0.717) is 23.8 Å². The fraction of sp³-hybridized carbons (Fsp3) is 0.281. The molecule has 3 aromatic heterocycles. The predicted octanol–water partition coefficient (Wildman–Crippen LogP) is 5.84. The van der Waals surface area contributed by atoms with Gasteiger partial charge in [-0.2, -0.15) is 19.6 Å². The van der Waals surface area contributed by atoms with Crippen molar-refractivity contribution >= 4 is 39.9 Å². The molecule has 5 N–H and O–H groups in total. The van der Waals surface area contributed by atoms with Crippen LogP contribution in [0.5, 0.6) is 0 Å². The van der Waals surface area contributed by atoms with Crippen LogP contribution in [0.2, 0.25) is 0 Å². The minimum absolute atomic E-state index is 0.167. The van der Waals surface area contributed by atoms with E-state index in [9.17, 15) is 9.18 Å². The average molecular weight is 582 g/mol. The normalized spacial score (nSPS) is 13.0. The molecule has 0 atom stereocenters. The molecule has 4 heterocycles. The van der Waals surface area contributed by atoms with E-state index in [4.69, 9.17) is 5.73 Å². The molecule has 0 spiro atoms. The summed E-state index contributed by atoms with van der Waals surface area (Å²) >= 11 is 0. The minimum atomic E-state index is -1.05. The SMILES string of the molecule is C1CCNCC1.C=C(F)C(=O)Nc1ccc2c(-c3ccccc3CNc3nc(N)nc4c(C(C)C)cnn34)nccc2c1. The number of nitrogens with two attached hydrogens (primary N) is 1. The van der Waals surface area contributed by atoms with Gasteiger partial charge >= 0.3 is 0 Å². The smallest absolute Gasteiger partial charge is 0.283 e. The number of hydrogen-bond acceptors (Lipinski definition) is 8. The number of piperidine rings is 1. The van der Waals surface area contributed by atoms with Crippen molar-refractivity contribution in [1.29, 1.82) is 0 Å². The molecule has 1 amide bonds. The molecule has 10 nitrogen and oxygen atoms in total. The van der Waals surface area contributed by atoms with Gasteiger partial charge in [-0.05, 0) is 61.0 Å². The van der Waals surface area contributed by atoms with Crippen LogP contribution < -0.4 is 21.7 Å². The van der Waals surface area contributed by atoms with E-state index in [0.717, 1.165) is 33.2 Å². The highest BCUT2D eigenvalue weighted by Gasteiger charge is 2.16. The Morgan fingerprint density at radius 3 is 2.60 bits per heavy atom. The lowest BCUT2D eigenvalue weighted by atomic mass is 9.99. The van der Waals surface area contributed by atoms with E-state index in [2.05, 4.69) is 56.4 Å². The topological polar surface area (TPSA) is 135 Å². The van der Waals surface area contributed by atoms with Gasteiger partial charge in [0.05, 0.1) is 11.9 Å². The highest BCUT2D eigenvalue weighted by Crippen LogP contribution is 2.31. The number of benzene rings is 2. The van der Waals surface area contributed by atoms with Crippen molar-refractivity contribution in [3.8, 4) is 11.3 Å². The van der Waals surface area contributed by atoms with Crippen molar-refractivity contribution < 1.29 is 9.18 Å². The Morgan fingerprint density at radius 1 is 1.12 bits per heavy atom. The molecule has 0 aliphatic carbocycles. The van der Waals surface area contributed by atoms with E-state index in [-0.39, 0.29) is 11.9 Å². The van der Waals surface area contributed by atoms with Gasteiger partial charge < -0.3 is 21.7 Å². The number of halogens is 1. The summed E-state index contributed by atoms with van der Waals surface area (Å²) in [6.45, 7) is 10.1. The van der Waals surface area contributed by atoms with Gasteiger partial charge in [0.1, 0.15) is 0 Å². The highest BCUT2D eigenvalue weighted by atomic mass is 19.1. The lowest BCUT2D eigenvalue weighted by molar-refractivity contribution is -0.114. The number of amides is 1. The van der Waals surface area contributed by atoms with Crippen LogP contribution in [-0.2, 0) is 11.3 Å². The summed E-state index contributed by atoms with van der Waals surface area (Å²) in [5.41, 5.74) is 10.8. The van der Waals surface area contributed by atoms with Crippen molar-refractivity contribution in [3.05, 3.63) is 84.5 Å². The summed E-state index contributed by atoms with van der Waals surface area (Å²) < 4.78 is 14.8. The molecule has 1 saturated heterocycles. The first-order valence-corrected chi connectivity index (χ1v) is 14.4. The second-order valence-electron chi connectivity index (χ2n) is 10.7. The Hall–Kier alpha value is -4.90. The molecule has 0 bridgehead atoms. The summed E-state index contributed by atoms with van der Waals surface area (Å²) in [6, 6.07) is 15.1. The Labute approximate surface area is 249 Å². The predicted molar refractivity (Wildman–Crippen MR) is 169 cm³/mol. The van der Waals surface area contributed by atoms with Gasteiger partial charge in [0.25, 0.3) is 5.91 Å². The fourth-order valence-electron chi connectivity index (χ4n) is 4.98. The van der Waals surface area contributed by atoms with E-state index in [1.807, 2.05) is 36.4 Å². The monoisotopic (exact) mass is 581 g/mol. The van der Waals surface area contributed by atoms with Gasteiger partial charge in [0.2, 0.25) is 11.9 Å². The maximum Gasteiger partial charge on any atom is 0.283 e. The van der Waals surface area contributed by atoms with Crippen LogP contribution in [-0.4, -0.2) is 43.6 Å². The Morgan fingerprint density at radius 2 is 1.91 bits per heavy atom. The number of rotatable bonds is 7. The lowest BCUT2D eigenvalue weighted by Gasteiger charge is -2.14. The number of anilines is 3. The van der Waals surface area contributed by atoms with E-state index in [1.165, 1.54) is 32.4 Å². The summed E-state index contributed by atoms with van der Waals surface area (Å²) in [5, 5.41) is 15.3. The molecule has 222 valence electrons. The first-order chi connectivity index (χ1) is 20.8. The van der Waals surface area contributed by atoms with E-state index in [1.54, 1.807) is 29.0 Å². The van der Waals surface area contributed by atoms with Crippen LogP contribution in [0.1, 0.15) is 50.2 Å². The zero-order chi connectivity index (χ0) is 30.3. The third kappa shape index (κ3) is 6.95. The van der Waals surface area contributed by atoms with Crippen LogP contribution >= 0.6 is 0 Å². The zero-order valence-corrected chi connectivity index (χ0v) is 24.4. The standard InChI is InChI=1S/C27H25FN8O.C5H11N/c1-15(2)22-14-32-36-24(22)34-26(29)35-27(36)31-13-18-6-4-5-7-20(18)23-21-9-8-19(33-25(37)16(3)28)12-17(21)10-11-30-23;1-2-4-6-5-3-1/h4-12,14-15H,3,13H2,1-2H3,(H,33,37)(H3,29,31,34,35);6H,1-5H2. The number of aromatic nitrogens is 5. The molecule has 6 rings (SSSR count). The van der Waals surface area contributed by atoms with E-state index >= 15 is 0 Å². The third-order valence-corrected chi connectivity index (χ3v) is 7.22. The fourth-order valence-corrected chi connectivity index (χ4v) is 4.98. The molecule has 11 heteroatoms. The van der Waals surface area contributed by atoms with Gasteiger partial charge in [0.15, 0.2) is 11.5 Å². The first kappa shape index (κ1) is 29.6. The average Bonchev–Trinajstić information content (AvgIpc) is 3.45. The Balaban J connectivity index is 0.000000548. The number of nitrogens with zero attached hydrogens (tertiary/aromatic N) is 5. The quantitative estimate of drug-likeness (QED) is 0.176. The summed E-state index contributed by atoms with van der Waals surface area (Å²) in [5.74, 6) is -1.02. The van der Waals surface area contributed by atoms with Gasteiger partial charge in [-0.3, -0.25) is 9.78 Å². The third-order valence-electron chi connectivity index (χ3n) is 7.22. The van der Waals surface area contributed by atoms with Gasteiger partial charge in [-0.15, -0.1) is 0 Å². The summed E-state index contributed by atoms with van der Waals surface area (Å²) in [6.07, 6.45) is 7.70. The molecule has 1 fully saturated rings. The van der Waals surface area contributed by atoms with Crippen LogP contribution in [0, 0.1) is 0 Å². The van der Waals surface area contributed by atoms with Crippen molar-refractivity contribution in [2.45, 2.75) is 45.6 Å². The first-order valence-electron chi connectivity index (χ1n) is 14.4. The Bertz CT molecular complexity index is 1750. The van der Waals surface area contributed by atoms with Crippen LogP contribution in [0.4, 0.5) is 22.0 Å². The molecule has 43 heavy (non-hydrogen) atoms. The number of pyridine rings is 1. The second kappa shape index (κ2) is 13.4. The van der Waals surface area contributed by atoms with Crippen molar-refractivity contribution in [1.82, 2.24) is 29.9 Å². The number of hydrogen-bond donors (Lipinski definition) is 4. The maximum atomic E-state index is 13.1. The largest absolute Gasteiger partial charge is 0.368 e. The van der Waals surface area contributed by atoms with Crippen molar-refractivity contribution in [3.63, 3.8) is 0 Å².